The number of nitrogens with one attached hydrogen (secondary N) is 1. The van der Waals surface area contributed by atoms with Crippen LogP contribution in [0.4, 0.5) is 8.78 Å². The second kappa shape index (κ2) is 6.91. The van der Waals surface area contributed by atoms with E-state index in [1.54, 1.807) is 6.92 Å². The van der Waals surface area contributed by atoms with E-state index in [0.717, 1.165) is 12.1 Å². The molecule has 1 aromatic rings. The van der Waals surface area contributed by atoms with Gasteiger partial charge in [0.25, 0.3) is 0 Å². The fourth-order valence-corrected chi connectivity index (χ4v) is 1.75. The Morgan fingerprint density at radius 1 is 1.21 bits per heavy atom. The molecular weight excluding hydrogens is 256 g/mol. The Morgan fingerprint density at radius 2 is 1.74 bits per heavy atom. The lowest BCUT2D eigenvalue weighted by Gasteiger charge is -2.31. The molecule has 1 atom stereocenters. The van der Waals surface area contributed by atoms with Crippen LogP contribution >= 0.6 is 0 Å². The number of aliphatic hydroxyl groups is 3. The van der Waals surface area contributed by atoms with Crippen molar-refractivity contribution in [3.63, 3.8) is 0 Å². The molecule has 0 heterocycles. The van der Waals surface area contributed by atoms with E-state index in [0.29, 0.717) is 6.42 Å². The minimum Gasteiger partial charge on any atom is -0.394 e. The van der Waals surface area contributed by atoms with Gasteiger partial charge in [0.15, 0.2) is 0 Å². The Balaban J connectivity index is 2.78. The summed E-state index contributed by atoms with van der Waals surface area (Å²) in [5.74, 6) is -1.66. The molecule has 4 N–H and O–H groups in total. The van der Waals surface area contributed by atoms with Crippen molar-refractivity contribution in [3.8, 4) is 0 Å². The molecule has 0 aromatic heterocycles. The molecule has 0 aliphatic heterocycles. The molecule has 6 heteroatoms. The number of hydrogen-bond donors (Lipinski definition) is 4. The summed E-state index contributed by atoms with van der Waals surface area (Å²) < 4.78 is 26.9. The van der Waals surface area contributed by atoms with Crippen LogP contribution in [0.25, 0.3) is 0 Å². The van der Waals surface area contributed by atoms with E-state index >= 15 is 0 Å². The molecule has 1 unspecified atom stereocenters. The van der Waals surface area contributed by atoms with E-state index < -0.39 is 28.8 Å². The summed E-state index contributed by atoms with van der Waals surface area (Å²) in [5.41, 5.74) is -1.39. The van der Waals surface area contributed by atoms with Crippen LogP contribution in [-0.2, 0) is 0 Å². The average molecular weight is 275 g/mol. The molecule has 0 saturated carbocycles. The summed E-state index contributed by atoms with van der Waals surface area (Å²) in [6, 6.07) is 3.34. The van der Waals surface area contributed by atoms with Gasteiger partial charge in [0, 0.05) is 6.54 Å². The normalized spacial score (nSPS) is 13.6. The predicted molar refractivity (Wildman–Crippen MR) is 66.5 cm³/mol. The first-order chi connectivity index (χ1) is 8.99. The molecule has 0 aliphatic carbocycles. The van der Waals surface area contributed by atoms with Crippen molar-refractivity contribution in [1.82, 2.24) is 5.32 Å². The maximum absolute atomic E-state index is 13.4. The van der Waals surface area contributed by atoms with Gasteiger partial charge in [0.2, 0.25) is 0 Å². The Kier molecular flexibility index (Phi) is 5.81. The fourth-order valence-electron chi connectivity index (χ4n) is 1.75. The lowest BCUT2D eigenvalue weighted by Crippen LogP contribution is -2.52. The van der Waals surface area contributed by atoms with Gasteiger partial charge >= 0.3 is 0 Å². The van der Waals surface area contributed by atoms with E-state index in [1.165, 1.54) is 6.07 Å². The zero-order chi connectivity index (χ0) is 14.5. The molecule has 0 amide bonds. The second-order valence-electron chi connectivity index (χ2n) is 4.48. The van der Waals surface area contributed by atoms with Crippen molar-refractivity contribution in [2.75, 3.05) is 19.8 Å². The maximum Gasteiger partial charge on any atom is 0.131 e. The molecular formula is C13H19F2NO3. The van der Waals surface area contributed by atoms with Crippen LogP contribution in [-0.4, -0.2) is 40.6 Å². The second-order valence-corrected chi connectivity index (χ2v) is 4.48. The predicted octanol–water partition coefficient (Wildman–Crippen LogP) is 0.721. The van der Waals surface area contributed by atoms with Crippen molar-refractivity contribution < 1.29 is 24.1 Å². The lowest BCUT2D eigenvalue weighted by molar-refractivity contribution is 0.0693. The van der Waals surface area contributed by atoms with E-state index in [-0.39, 0.29) is 19.8 Å². The van der Waals surface area contributed by atoms with Crippen LogP contribution in [0.5, 0.6) is 0 Å². The summed E-state index contributed by atoms with van der Waals surface area (Å²) in [4.78, 5) is 0. The van der Waals surface area contributed by atoms with Crippen LogP contribution in [0.15, 0.2) is 18.2 Å². The van der Waals surface area contributed by atoms with Gasteiger partial charge in [-0.05, 0) is 18.6 Å². The first-order valence-electron chi connectivity index (χ1n) is 6.08. The average Bonchev–Trinajstić information content (AvgIpc) is 2.41. The molecule has 108 valence electrons. The summed E-state index contributed by atoms with van der Waals surface area (Å²) >= 11 is 0. The Hall–Kier alpha value is -1.08. The highest BCUT2D eigenvalue weighted by Crippen LogP contribution is 2.21. The van der Waals surface area contributed by atoms with Gasteiger partial charge in [-0.2, -0.15) is 0 Å². The Morgan fingerprint density at radius 3 is 2.16 bits per heavy atom. The molecule has 0 fully saturated rings. The summed E-state index contributed by atoms with van der Waals surface area (Å²) in [7, 11) is 0. The van der Waals surface area contributed by atoms with Crippen molar-refractivity contribution >= 4 is 0 Å². The van der Waals surface area contributed by atoms with E-state index in [4.69, 9.17) is 0 Å². The minimum atomic E-state index is -1.40. The number of β-amino-alcohol motifs (C(OH)–C–C–N with tert-alkyl or cyclic N) is 1. The van der Waals surface area contributed by atoms with Gasteiger partial charge < -0.3 is 20.6 Å². The van der Waals surface area contributed by atoms with Crippen LogP contribution < -0.4 is 5.32 Å². The highest BCUT2D eigenvalue weighted by Gasteiger charge is 2.28. The van der Waals surface area contributed by atoms with E-state index in [2.05, 4.69) is 5.32 Å². The van der Waals surface area contributed by atoms with Gasteiger partial charge in [-0.25, -0.2) is 8.78 Å². The molecule has 1 aromatic carbocycles. The van der Waals surface area contributed by atoms with Crippen molar-refractivity contribution in [3.05, 3.63) is 35.4 Å². The molecule has 4 nitrogen and oxygen atoms in total. The monoisotopic (exact) mass is 275 g/mol. The molecule has 0 bridgehead atoms. The molecule has 0 radical (unpaired) electrons. The van der Waals surface area contributed by atoms with Crippen molar-refractivity contribution in [2.24, 2.45) is 0 Å². The maximum atomic E-state index is 13.4. The van der Waals surface area contributed by atoms with Gasteiger partial charge in [0.1, 0.15) is 11.6 Å². The zero-order valence-corrected chi connectivity index (χ0v) is 10.7. The Bertz CT molecular complexity index is 382. The van der Waals surface area contributed by atoms with Crippen LogP contribution in [0.2, 0.25) is 0 Å². The highest BCUT2D eigenvalue weighted by atomic mass is 19.1. The molecule has 0 aliphatic rings. The first-order valence-corrected chi connectivity index (χ1v) is 6.08. The van der Waals surface area contributed by atoms with Crippen LogP contribution in [0.3, 0.4) is 0 Å². The number of hydrogen-bond acceptors (Lipinski definition) is 4. The smallest absolute Gasteiger partial charge is 0.131 e. The molecule has 1 rings (SSSR count). The quantitative estimate of drug-likeness (QED) is 0.592. The van der Waals surface area contributed by atoms with Crippen molar-refractivity contribution in [1.29, 1.82) is 0 Å². The summed E-state index contributed by atoms with van der Waals surface area (Å²) in [6.07, 6.45) is -0.989. The van der Waals surface area contributed by atoms with E-state index in [1.807, 2.05) is 0 Å². The summed E-state index contributed by atoms with van der Waals surface area (Å²) in [5, 5.41) is 31.0. The molecule has 0 saturated heterocycles. The number of rotatable bonds is 7. The van der Waals surface area contributed by atoms with Gasteiger partial charge in [-0.3, -0.25) is 0 Å². The van der Waals surface area contributed by atoms with Gasteiger partial charge in [0.05, 0.1) is 30.4 Å². The molecule has 19 heavy (non-hydrogen) atoms. The first kappa shape index (κ1) is 16.0. The third-order valence-electron chi connectivity index (χ3n) is 3.29. The zero-order valence-electron chi connectivity index (χ0n) is 10.7. The number of aliphatic hydroxyl groups excluding tert-OH is 3. The number of halogens is 2. The van der Waals surface area contributed by atoms with Gasteiger partial charge in [-0.15, -0.1) is 0 Å². The summed E-state index contributed by atoms with van der Waals surface area (Å²) in [6.45, 7) is 0.890. The Labute approximate surface area is 110 Å². The standard InChI is InChI=1S/C13H19F2NO3/c1-2-13(7-17,8-18)16-6-11(19)12-9(14)4-3-5-10(12)15/h3-5,11,16-19H,2,6-8H2,1H3. The fraction of sp³-hybridized carbons (Fsp3) is 0.538. The minimum absolute atomic E-state index is 0.174. The van der Waals surface area contributed by atoms with Crippen LogP contribution in [0, 0.1) is 11.6 Å². The van der Waals surface area contributed by atoms with Crippen LogP contribution in [0.1, 0.15) is 25.0 Å². The SMILES string of the molecule is CCC(CO)(CO)NCC(O)c1c(F)cccc1F. The third-order valence-corrected chi connectivity index (χ3v) is 3.29. The molecule has 0 spiro atoms. The van der Waals surface area contributed by atoms with E-state index in [9.17, 15) is 24.1 Å². The topological polar surface area (TPSA) is 72.7 Å². The van der Waals surface area contributed by atoms with Gasteiger partial charge in [-0.1, -0.05) is 13.0 Å². The largest absolute Gasteiger partial charge is 0.394 e. The number of benzene rings is 1. The van der Waals surface area contributed by atoms with Crippen molar-refractivity contribution in [2.45, 2.75) is 25.0 Å². The third kappa shape index (κ3) is 3.70. The lowest BCUT2D eigenvalue weighted by atomic mass is 9.97. The highest BCUT2D eigenvalue weighted by molar-refractivity contribution is 5.22.